The molecule has 594 valence electrons. The summed E-state index contributed by atoms with van der Waals surface area (Å²) in [5, 5.41) is 10.6. The van der Waals surface area contributed by atoms with Crippen molar-refractivity contribution in [3.8, 4) is 0 Å². The van der Waals surface area contributed by atoms with E-state index in [1.54, 1.807) is 0 Å². The monoisotopic (exact) mass is 1470 g/mol. The van der Waals surface area contributed by atoms with Crippen LogP contribution in [-0.2, 0) is 65.4 Å². The van der Waals surface area contributed by atoms with Gasteiger partial charge in [0.05, 0.1) is 26.4 Å². The number of hydrogen-bond acceptors (Lipinski definition) is 15. The summed E-state index contributed by atoms with van der Waals surface area (Å²) in [7, 11) is -9.91. The van der Waals surface area contributed by atoms with Crippen molar-refractivity contribution in [2.75, 3.05) is 39.6 Å². The van der Waals surface area contributed by atoms with E-state index in [2.05, 4.69) is 34.6 Å². The highest BCUT2D eigenvalue weighted by Crippen LogP contribution is 2.45. The van der Waals surface area contributed by atoms with Crippen molar-refractivity contribution < 1.29 is 80.2 Å². The Morgan fingerprint density at radius 1 is 0.270 bits per heavy atom. The summed E-state index contributed by atoms with van der Waals surface area (Å²) in [5.74, 6) is -1.31. The summed E-state index contributed by atoms with van der Waals surface area (Å²) in [6, 6.07) is 0. The van der Waals surface area contributed by atoms with Crippen LogP contribution in [0.4, 0.5) is 0 Å². The van der Waals surface area contributed by atoms with E-state index < -0.39 is 97.5 Å². The molecule has 0 aliphatic rings. The Kier molecular flexibility index (Phi) is 72.5. The molecule has 3 N–H and O–H groups in total. The normalized spacial score (nSPS) is 13.8. The lowest BCUT2D eigenvalue weighted by atomic mass is 10.0. The number of phosphoric acid groups is 2. The number of hydrogen-bond donors (Lipinski definition) is 3. The molecule has 0 spiro atoms. The Bertz CT molecular complexity index is 1910. The summed E-state index contributed by atoms with van der Waals surface area (Å²) < 4.78 is 68.7. The highest BCUT2D eigenvalue weighted by atomic mass is 31.2. The number of unbranched alkanes of at least 4 members (excludes halogenated alkanes) is 53. The van der Waals surface area contributed by atoms with E-state index in [0.29, 0.717) is 25.7 Å². The number of ether oxygens (including phenoxy) is 4. The molecule has 0 aromatic heterocycles. The molecule has 0 aliphatic heterocycles. The zero-order chi connectivity index (χ0) is 73.4. The predicted molar refractivity (Wildman–Crippen MR) is 409 cm³/mol. The van der Waals surface area contributed by atoms with Gasteiger partial charge in [0.2, 0.25) is 0 Å². The van der Waals surface area contributed by atoms with Gasteiger partial charge >= 0.3 is 39.5 Å². The van der Waals surface area contributed by atoms with Gasteiger partial charge in [-0.2, -0.15) is 0 Å². The summed E-state index contributed by atoms with van der Waals surface area (Å²) in [6.07, 6.45) is 65.3. The third kappa shape index (κ3) is 74.3. The molecule has 100 heavy (non-hydrogen) atoms. The molecule has 17 nitrogen and oxygen atoms in total. The van der Waals surface area contributed by atoms with Gasteiger partial charge in [-0.05, 0) is 31.6 Å². The van der Waals surface area contributed by atoms with Crippen LogP contribution >= 0.6 is 15.6 Å². The maximum atomic E-state index is 13.1. The van der Waals surface area contributed by atoms with Crippen LogP contribution in [0.3, 0.4) is 0 Å². The lowest BCUT2D eigenvalue weighted by Gasteiger charge is -2.21. The molecule has 0 rings (SSSR count). The molecule has 0 aromatic carbocycles. The largest absolute Gasteiger partial charge is 0.472 e. The molecule has 19 heteroatoms. The van der Waals surface area contributed by atoms with Crippen LogP contribution < -0.4 is 0 Å². The van der Waals surface area contributed by atoms with Crippen molar-refractivity contribution in [2.24, 2.45) is 5.92 Å². The van der Waals surface area contributed by atoms with Crippen molar-refractivity contribution in [2.45, 2.75) is 451 Å². The number of rotatable bonds is 81. The lowest BCUT2D eigenvalue weighted by Crippen LogP contribution is -2.30. The van der Waals surface area contributed by atoms with Crippen molar-refractivity contribution in [3.05, 3.63) is 0 Å². The molecule has 2 unspecified atom stereocenters. The Morgan fingerprint density at radius 2 is 0.460 bits per heavy atom. The Hall–Kier alpha value is -1.94. The molecular weight excluding hydrogens is 1310 g/mol. The van der Waals surface area contributed by atoms with Gasteiger partial charge in [0, 0.05) is 25.7 Å². The van der Waals surface area contributed by atoms with Crippen LogP contribution in [0.1, 0.15) is 433 Å². The van der Waals surface area contributed by atoms with E-state index in [1.807, 2.05) is 0 Å². The molecule has 0 aliphatic carbocycles. The fourth-order valence-corrected chi connectivity index (χ4v) is 14.2. The Labute approximate surface area is 613 Å². The van der Waals surface area contributed by atoms with Crippen LogP contribution in [0.2, 0.25) is 0 Å². The second kappa shape index (κ2) is 73.9. The van der Waals surface area contributed by atoms with Crippen LogP contribution in [-0.4, -0.2) is 96.7 Å². The molecule has 0 amide bonds. The van der Waals surface area contributed by atoms with Crippen LogP contribution in [0.5, 0.6) is 0 Å². The van der Waals surface area contributed by atoms with E-state index in [9.17, 15) is 43.2 Å². The van der Waals surface area contributed by atoms with Crippen LogP contribution in [0, 0.1) is 5.92 Å². The molecule has 0 heterocycles. The molecule has 0 saturated carbocycles. The second-order valence-corrected chi connectivity index (χ2v) is 32.5. The number of phosphoric ester groups is 2. The molecule has 5 atom stereocenters. The average molecular weight is 1470 g/mol. The van der Waals surface area contributed by atoms with Crippen molar-refractivity contribution in [1.29, 1.82) is 0 Å². The molecule has 0 fully saturated rings. The molecule has 0 saturated heterocycles. The minimum atomic E-state index is -4.96. The minimum Gasteiger partial charge on any atom is -0.462 e. The van der Waals surface area contributed by atoms with Crippen LogP contribution in [0.15, 0.2) is 0 Å². The average Bonchev–Trinajstić information content (AvgIpc) is 0.926. The second-order valence-electron chi connectivity index (χ2n) is 29.6. The first-order chi connectivity index (χ1) is 48.5. The fraction of sp³-hybridized carbons (Fsp3) is 0.951. The zero-order valence-electron chi connectivity index (χ0n) is 65.3. The van der Waals surface area contributed by atoms with Gasteiger partial charge < -0.3 is 33.8 Å². The quantitative estimate of drug-likeness (QED) is 0.0222. The van der Waals surface area contributed by atoms with Crippen molar-refractivity contribution in [1.82, 2.24) is 0 Å². The molecule has 0 aromatic rings. The lowest BCUT2D eigenvalue weighted by molar-refractivity contribution is -0.161. The van der Waals surface area contributed by atoms with Gasteiger partial charge in [-0.1, -0.05) is 381 Å². The Morgan fingerprint density at radius 3 is 0.680 bits per heavy atom. The van der Waals surface area contributed by atoms with Gasteiger partial charge in [-0.25, -0.2) is 9.13 Å². The van der Waals surface area contributed by atoms with Gasteiger partial charge in [-0.15, -0.1) is 0 Å². The number of aliphatic hydroxyl groups is 1. The molecule has 0 bridgehead atoms. The summed E-state index contributed by atoms with van der Waals surface area (Å²) >= 11 is 0. The van der Waals surface area contributed by atoms with E-state index in [0.717, 1.165) is 95.8 Å². The number of carbonyl (C=O) groups is 4. The highest BCUT2D eigenvalue weighted by molar-refractivity contribution is 7.47. The fourth-order valence-electron chi connectivity index (χ4n) is 12.6. The van der Waals surface area contributed by atoms with Gasteiger partial charge in [-0.3, -0.25) is 37.3 Å². The molecular formula is C81H158O17P2. The Balaban J connectivity index is 5.20. The third-order valence-corrected chi connectivity index (χ3v) is 20.9. The zero-order valence-corrected chi connectivity index (χ0v) is 67.1. The summed E-state index contributed by atoms with van der Waals surface area (Å²) in [6.45, 7) is 7.33. The number of carbonyl (C=O) groups excluding carboxylic acids is 4. The summed E-state index contributed by atoms with van der Waals surface area (Å²) in [4.78, 5) is 72.9. The maximum Gasteiger partial charge on any atom is 0.472 e. The van der Waals surface area contributed by atoms with E-state index in [1.165, 1.54) is 257 Å². The minimum absolute atomic E-state index is 0.109. The number of aliphatic hydroxyl groups excluding tert-OH is 1. The van der Waals surface area contributed by atoms with Crippen molar-refractivity contribution in [3.63, 3.8) is 0 Å². The van der Waals surface area contributed by atoms with Gasteiger partial charge in [0.25, 0.3) is 0 Å². The van der Waals surface area contributed by atoms with Gasteiger partial charge in [0.15, 0.2) is 12.2 Å². The van der Waals surface area contributed by atoms with E-state index in [4.69, 9.17) is 37.0 Å². The standard InChI is InChI=1S/C81H158O17P2/c1-6-9-12-15-18-21-23-25-27-29-30-31-33-39-43-47-52-57-62-67-81(86)98-77(71-92-79(84)65-60-55-50-45-41-37-35-34-36-40-44-48-53-58-63-74(4)5)73-96-100(89,90)94-69-75(82)68-93-99(87,88)95-72-76(70-91-78(83)64-59-54-49-20-17-14-11-8-3)97-80(85)66-61-56-51-46-42-38-32-28-26-24-22-19-16-13-10-7-2/h74-77,82H,6-73H2,1-5H3,(H,87,88)(H,89,90)/t75-,76+,77+/m0/s1. The highest BCUT2D eigenvalue weighted by Gasteiger charge is 2.30. The first kappa shape index (κ1) is 98.1. The number of esters is 4. The van der Waals surface area contributed by atoms with Gasteiger partial charge in [0.1, 0.15) is 19.3 Å². The predicted octanol–water partition coefficient (Wildman–Crippen LogP) is 24.4. The first-order valence-corrected chi connectivity index (χ1v) is 45.1. The topological polar surface area (TPSA) is 237 Å². The van der Waals surface area contributed by atoms with E-state index in [-0.39, 0.29) is 25.7 Å². The first-order valence-electron chi connectivity index (χ1n) is 42.1. The van der Waals surface area contributed by atoms with E-state index >= 15 is 0 Å². The third-order valence-electron chi connectivity index (χ3n) is 19.0. The summed E-state index contributed by atoms with van der Waals surface area (Å²) in [5.41, 5.74) is 0. The SMILES string of the molecule is CCCCCCCCCCCCCCCCCCCCCC(=O)O[C@H](COC(=O)CCCCCCCCCCCCCCCCC(C)C)COP(=O)(O)OC[C@@H](O)COP(=O)(O)OC[C@@H](COC(=O)CCCCCCCCCC)OC(=O)CCCCCCCCCCCCCCCCCC. The van der Waals surface area contributed by atoms with Crippen LogP contribution in [0.25, 0.3) is 0 Å². The van der Waals surface area contributed by atoms with Crippen molar-refractivity contribution >= 4 is 39.5 Å². The maximum absolute atomic E-state index is 13.1. The smallest absolute Gasteiger partial charge is 0.462 e. The molecule has 0 radical (unpaired) electrons.